The van der Waals surface area contributed by atoms with Gasteiger partial charge in [-0.05, 0) is 0 Å². The van der Waals surface area contributed by atoms with Gasteiger partial charge in [0.1, 0.15) is 0 Å². The van der Waals surface area contributed by atoms with Crippen LogP contribution in [0.15, 0.2) is 0 Å². The van der Waals surface area contributed by atoms with E-state index in [2.05, 4.69) is 0 Å². The van der Waals surface area contributed by atoms with Crippen LogP contribution in [0.1, 0.15) is 0 Å². The average Bonchev–Trinajstić information content (AvgIpc) is 0. The van der Waals surface area contributed by atoms with Crippen molar-refractivity contribution in [2.75, 3.05) is 0 Å². The van der Waals surface area contributed by atoms with Gasteiger partial charge in [-0.2, -0.15) is 0 Å². The topological polar surface area (TPSA) is 0 Å². The summed E-state index contributed by atoms with van der Waals surface area (Å²) in [4.78, 5) is 0. The molecule has 0 rings (SSSR count). The first-order chi connectivity index (χ1) is 0. The molecule has 0 spiro atoms. The van der Waals surface area contributed by atoms with Crippen LogP contribution in [0.25, 0.3) is 0 Å². The van der Waals surface area contributed by atoms with E-state index in [1.54, 1.807) is 0 Å². The van der Waals surface area contributed by atoms with Gasteiger partial charge in [-0.1, -0.05) is 0 Å². The summed E-state index contributed by atoms with van der Waals surface area (Å²) in [5.74, 6) is 0. The number of rotatable bonds is 0. The van der Waals surface area contributed by atoms with Crippen LogP contribution >= 0.6 is 0 Å². The molecule has 0 heterocycles. The summed E-state index contributed by atoms with van der Waals surface area (Å²) in [6.45, 7) is 0. The van der Waals surface area contributed by atoms with Crippen LogP contribution in [-0.2, 0) is 214 Å². The maximum Gasteiger partial charge on any atom is 0 e. The summed E-state index contributed by atoms with van der Waals surface area (Å²) >= 11 is 0. The molecule has 0 saturated heterocycles. The normalized spacial score (nSPS) is 0. The Morgan fingerprint density at radius 3 is 0.182 bits per heavy atom. The van der Waals surface area contributed by atoms with Gasteiger partial charge in [-0.15, -0.1) is 0 Å². The van der Waals surface area contributed by atoms with Gasteiger partial charge in [0.25, 0.3) is 0 Å². The molecule has 0 amide bonds. The second-order valence-electron chi connectivity index (χ2n) is 0. The van der Waals surface area contributed by atoms with Crippen LogP contribution in [-0.4, -0.2) is 0 Å². The summed E-state index contributed by atoms with van der Waals surface area (Å²) in [7, 11) is 0. The summed E-state index contributed by atoms with van der Waals surface area (Å²) < 4.78 is 0. The zero-order chi connectivity index (χ0) is 0. The van der Waals surface area contributed by atoms with Crippen molar-refractivity contribution in [3.63, 3.8) is 0 Å². The summed E-state index contributed by atoms with van der Waals surface area (Å²) in [5.41, 5.74) is 0. The molecule has 0 fully saturated rings. The summed E-state index contributed by atoms with van der Waals surface area (Å²) in [6, 6.07) is 0. The molecule has 0 atom stereocenters. The molecule has 0 unspecified atom stereocenters. The van der Waals surface area contributed by atoms with Gasteiger partial charge in [0.05, 0.1) is 0 Å². The second kappa shape index (κ2) is 91.0. The maximum atomic E-state index is 0. The zero-order valence-corrected chi connectivity index (χ0v) is 22.2. The average molecular weight is 1040 g/mol. The molecule has 11 heavy (non-hydrogen) atoms. The van der Waals surface area contributed by atoms with E-state index in [1.165, 1.54) is 0 Å². The Kier molecular flexibility index (Phi) is 903. The predicted octanol–water partition coefficient (Wildman–Crippen LogP) is -0.0275. The molecule has 11 heteroatoms. The van der Waals surface area contributed by atoms with E-state index in [0.717, 1.165) is 0 Å². The van der Waals surface area contributed by atoms with Gasteiger partial charge in [0.15, 0.2) is 0 Å². The van der Waals surface area contributed by atoms with Crippen molar-refractivity contribution in [1.29, 1.82) is 0 Å². The van der Waals surface area contributed by atoms with Crippen molar-refractivity contribution >= 4 is 0 Å². The van der Waals surface area contributed by atoms with Gasteiger partial charge in [-0.3, -0.25) is 0 Å². The smallest absolute Gasteiger partial charge is 0 e. The molecule has 0 saturated carbocycles. The molecular weight excluding hydrogens is 1040 g/mol. The molecule has 8 radical (unpaired) electrons. The van der Waals surface area contributed by atoms with E-state index in [9.17, 15) is 0 Å². The molecule has 100 valence electrons. The van der Waals surface area contributed by atoms with Gasteiger partial charge in [-0.25, -0.2) is 0 Å². The van der Waals surface area contributed by atoms with Crippen LogP contribution in [0, 0.1) is 0 Å². The Hall–Kier alpha value is 6.77. The third-order valence-corrected chi connectivity index (χ3v) is 0. The third-order valence-electron chi connectivity index (χ3n) is 0. The largest absolute Gasteiger partial charge is 0 e. The molecule has 0 bridgehead atoms. The Bertz CT molecular complexity index is 9.30. The van der Waals surface area contributed by atoms with Crippen molar-refractivity contribution in [3.05, 3.63) is 0 Å². The maximum absolute atomic E-state index is 0. The minimum Gasteiger partial charge on any atom is 0 e. The zero-order valence-electron chi connectivity index (χ0n) is 3.91. The molecule has 0 aliphatic rings. The fourth-order valence-electron chi connectivity index (χ4n) is 0. The molecule has 0 aromatic carbocycles. The molecule has 0 aliphatic carbocycles. The van der Waals surface area contributed by atoms with E-state index >= 15 is 0 Å². The van der Waals surface area contributed by atoms with E-state index in [-0.39, 0.29) is 214 Å². The van der Waals surface area contributed by atoms with Crippen LogP contribution in [0.4, 0.5) is 0 Å². The molecule has 0 aromatic heterocycles. The minimum absolute atomic E-state index is 0. The first-order valence-corrected chi connectivity index (χ1v) is 0. The first-order valence-electron chi connectivity index (χ1n) is 0. The Labute approximate surface area is 209 Å². The predicted molar refractivity (Wildman–Crippen MR) is 0 cm³/mol. The minimum atomic E-state index is 0. The Morgan fingerprint density at radius 1 is 0.182 bits per heavy atom. The van der Waals surface area contributed by atoms with Crippen LogP contribution in [0.5, 0.6) is 0 Å². The SMILES string of the molecule is [Cu].[Cu].[Cu].[Cu].[Cu].[Cu].[Cu].[Cu].[Hf].[Hf].[Hf]. The van der Waals surface area contributed by atoms with Crippen molar-refractivity contribution < 1.29 is 214 Å². The van der Waals surface area contributed by atoms with Crippen molar-refractivity contribution in [2.45, 2.75) is 0 Å². The van der Waals surface area contributed by atoms with Crippen molar-refractivity contribution in [2.24, 2.45) is 0 Å². The summed E-state index contributed by atoms with van der Waals surface area (Å²) in [5, 5.41) is 0. The van der Waals surface area contributed by atoms with Gasteiger partial charge >= 0.3 is 0 Å². The second-order valence-corrected chi connectivity index (χ2v) is 0. The molecule has 0 aromatic rings. The molecule has 0 N–H and O–H groups in total. The van der Waals surface area contributed by atoms with Gasteiger partial charge in [0.2, 0.25) is 0 Å². The van der Waals surface area contributed by atoms with Crippen molar-refractivity contribution in [1.82, 2.24) is 0 Å². The fourth-order valence-corrected chi connectivity index (χ4v) is 0. The van der Waals surface area contributed by atoms with E-state index in [0.29, 0.717) is 0 Å². The fraction of sp³-hybridized carbons (Fsp3) is 0. The number of hydrogen-bond donors (Lipinski definition) is 0. The monoisotopic (exact) mass is 1040 g/mol. The van der Waals surface area contributed by atoms with Crippen LogP contribution < -0.4 is 0 Å². The van der Waals surface area contributed by atoms with E-state index in [1.807, 2.05) is 0 Å². The third kappa shape index (κ3) is 79.9. The van der Waals surface area contributed by atoms with Crippen molar-refractivity contribution in [3.8, 4) is 0 Å². The quantitative estimate of drug-likeness (QED) is 0.300. The van der Waals surface area contributed by atoms with E-state index in [4.69, 9.17) is 0 Å². The summed E-state index contributed by atoms with van der Waals surface area (Å²) in [6.07, 6.45) is 0. The molecular formula is Cu8Hf3. The van der Waals surface area contributed by atoms with Crippen LogP contribution in [0.2, 0.25) is 0 Å². The molecule has 0 nitrogen and oxygen atoms in total. The Balaban J connectivity index is 0. The van der Waals surface area contributed by atoms with Gasteiger partial charge in [0, 0.05) is 214 Å². The van der Waals surface area contributed by atoms with E-state index < -0.39 is 0 Å². The number of hydrogen-bond acceptors (Lipinski definition) is 0. The van der Waals surface area contributed by atoms with Crippen LogP contribution in [0.3, 0.4) is 0 Å². The first kappa shape index (κ1) is 109. The van der Waals surface area contributed by atoms with Gasteiger partial charge < -0.3 is 0 Å². The standard InChI is InChI=1S/8Cu.3Hf. The Morgan fingerprint density at radius 2 is 0.182 bits per heavy atom. The molecule has 0 aliphatic heterocycles.